The lowest BCUT2D eigenvalue weighted by atomic mass is 9.47. The highest BCUT2D eigenvalue weighted by Gasteiger charge is 2.58. The number of hydrogen-bond donors (Lipinski definition) is 0. The summed E-state index contributed by atoms with van der Waals surface area (Å²) in [5.41, 5.74) is 4.82. The van der Waals surface area contributed by atoms with E-state index in [0.29, 0.717) is 22.3 Å². The summed E-state index contributed by atoms with van der Waals surface area (Å²) < 4.78 is 6.02. The molecule has 36 heavy (non-hydrogen) atoms. The number of esters is 1. The Balaban J connectivity index is 1.27. The molecule has 3 fully saturated rings. The van der Waals surface area contributed by atoms with Crippen LogP contribution in [0, 0.1) is 40.4 Å². The van der Waals surface area contributed by atoms with E-state index in [0.717, 1.165) is 36.5 Å². The van der Waals surface area contributed by atoms with Gasteiger partial charge in [-0.05, 0) is 131 Å². The summed E-state index contributed by atoms with van der Waals surface area (Å²) in [6, 6.07) is 9.50. The zero-order valence-corrected chi connectivity index (χ0v) is 23.4. The van der Waals surface area contributed by atoms with Crippen LogP contribution in [0.4, 0.5) is 0 Å². The molecule has 0 unspecified atom stereocenters. The summed E-state index contributed by atoms with van der Waals surface area (Å²) in [7, 11) is 0. The molecule has 1 aromatic rings. The minimum absolute atomic E-state index is 0.0668. The maximum absolute atomic E-state index is 12.7. The van der Waals surface area contributed by atoms with Crippen molar-refractivity contribution in [2.45, 2.75) is 105 Å². The SMILES string of the molecule is CC(C)=CCC[C@@H](C)[C@H]1CC[C@H]2C3=CC[C@H]4C[C@H](OC(=O)c5ccccc5)CC[C@]4(C)[C@H]3CC[C@]12C. The van der Waals surface area contributed by atoms with Crippen LogP contribution >= 0.6 is 0 Å². The van der Waals surface area contributed by atoms with Gasteiger partial charge in [-0.3, -0.25) is 0 Å². The lowest BCUT2D eigenvalue weighted by Crippen LogP contribution is -2.50. The van der Waals surface area contributed by atoms with Crippen LogP contribution in [0.3, 0.4) is 0 Å². The van der Waals surface area contributed by atoms with E-state index in [1.165, 1.54) is 56.9 Å². The van der Waals surface area contributed by atoms with Crippen molar-refractivity contribution in [3.8, 4) is 0 Å². The van der Waals surface area contributed by atoms with Gasteiger partial charge in [0.25, 0.3) is 0 Å². The average molecular weight is 489 g/mol. The van der Waals surface area contributed by atoms with Gasteiger partial charge in [0.05, 0.1) is 5.56 Å². The number of benzene rings is 1. The molecule has 2 nitrogen and oxygen atoms in total. The van der Waals surface area contributed by atoms with E-state index in [-0.39, 0.29) is 12.1 Å². The zero-order chi connectivity index (χ0) is 25.5. The Kier molecular flexibility index (Phi) is 7.27. The van der Waals surface area contributed by atoms with Gasteiger partial charge in [-0.25, -0.2) is 4.79 Å². The third kappa shape index (κ3) is 4.63. The molecule has 0 aliphatic heterocycles. The highest BCUT2D eigenvalue weighted by molar-refractivity contribution is 5.89. The van der Waals surface area contributed by atoms with Crippen LogP contribution in [0.1, 0.15) is 109 Å². The summed E-state index contributed by atoms with van der Waals surface area (Å²) in [4.78, 5) is 12.7. The number of allylic oxidation sites excluding steroid dienone is 4. The minimum Gasteiger partial charge on any atom is -0.459 e. The summed E-state index contributed by atoms with van der Waals surface area (Å²) in [5, 5.41) is 0. The topological polar surface area (TPSA) is 26.3 Å². The molecular formula is C34H48O2. The molecule has 0 aromatic heterocycles. The summed E-state index contributed by atoms with van der Waals surface area (Å²) in [6.07, 6.45) is 17.7. The minimum atomic E-state index is -0.152. The Labute approximate surface area is 220 Å². The van der Waals surface area contributed by atoms with E-state index in [9.17, 15) is 4.79 Å². The van der Waals surface area contributed by atoms with Crippen LogP contribution in [0.15, 0.2) is 53.6 Å². The molecule has 0 radical (unpaired) electrons. The summed E-state index contributed by atoms with van der Waals surface area (Å²) in [6.45, 7) is 12.2. The van der Waals surface area contributed by atoms with E-state index in [4.69, 9.17) is 4.74 Å². The molecule has 0 spiro atoms. The molecule has 0 bridgehead atoms. The number of rotatable bonds is 6. The fourth-order valence-corrected chi connectivity index (χ4v) is 9.19. The van der Waals surface area contributed by atoms with Gasteiger partial charge < -0.3 is 4.74 Å². The highest BCUT2D eigenvalue weighted by atomic mass is 16.5. The van der Waals surface area contributed by atoms with Crippen molar-refractivity contribution in [3.63, 3.8) is 0 Å². The van der Waals surface area contributed by atoms with Crippen LogP contribution in [0.5, 0.6) is 0 Å². The first-order valence-electron chi connectivity index (χ1n) is 14.8. The Bertz CT molecular complexity index is 1000. The zero-order valence-electron chi connectivity index (χ0n) is 23.4. The van der Waals surface area contributed by atoms with Crippen LogP contribution in [0.25, 0.3) is 0 Å². The van der Waals surface area contributed by atoms with Crippen molar-refractivity contribution in [1.29, 1.82) is 0 Å². The Morgan fingerprint density at radius 2 is 1.75 bits per heavy atom. The van der Waals surface area contributed by atoms with E-state index >= 15 is 0 Å². The third-order valence-corrected chi connectivity index (χ3v) is 11.2. The number of hydrogen-bond acceptors (Lipinski definition) is 2. The number of carbonyl (C=O) groups excluding carboxylic acids is 1. The standard InChI is InChI=1S/C34H48O2/c1-23(2)10-9-11-24(3)29-16-17-30-28-15-14-26-22-27(36-32(35)25-12-7-6-8-13-25)18-20-33(26,4)31(28)19-21-34(29,30)5/h6-8,10,12-13,15,24,26-27,29-31H,9,11,14,16-22H2,1-5H3/t24-,26+,27-,29-,30+,31+,33+,34-/m1/s1. The molecular weight excluding hydrogens is 440 g/mol. The lowest BCUT2D eigenvalue weighted by Gasteiger charge is -2.58. The molecule has 4 aliphatic carbocycles. The second-order valence-electron chi connectivity index (χ2n) is 13.5. The number of ether oxygens (including phenoxy) is 1. The van der Waals surface area contributed by atoms with Crippen molar-refractivity contribution in [1.82, 2.24) is 0 Å². The molecule has 2 heteroatoms. The number of carbonyl (C=O) groups is 1. The first kappa shape index (κ1) is 25.8. The van der Waals surface area contributed by atoms with Crippen molar-refractivity contribution in [2.75, 3.05) is 0 Å². The van der Waals surface area contributed by atoms with Gasteiger partial charge in [0, 0.05) is 0 Å². The van der Waals surface area contributed by atoms with E-state index in [1.54, 1.807) is 0 Å². The Hall–Kier alpha value is -1.83. The van der Waals surface area contributed by atoms with Gasteiger partial charge >= 0.3 is 5.97 Å². The maximum Gasteiger partial charge on any atom is 0.338 e. The van der Waals surface area contributed by atoms with Gasteiger partial charge in [0.1, 0.15) is 6.10 Å². The molecule has 0 N–H and O–H groups in total. The van der Waals surface area contributed by atoms with E-state index in [2.05, 4.69) is 46.8 Å². The first-order valence-corrected chi connectivity index (χ1v) is 14.8. The number of fused-ring (bicyclic) bond motifs is 5. The van der Waals surface area contributed by atoms with Gasteiger partial charge in [-0.15, -0.1) is 0 Å². The first-order chi connectivity index (χ1) is 17.2. The highest BCUT2D eigenvalue weighted by Crippen LogP contribution is 2.67. The second-order valence-corrected chi connectivity index (χ2v) is 13.5. The van der Waals surface area contributed by atoms with Crippen LogP contribution < -0.4 is 0 Å². The second kappa shape index (κ2) is 10.1. The molecule has 4 aliphatic rings. The lowest BCUT2D eigenvalue weighted by molar-refractivity contribution is -0.0523. The molecule has 5 rings (SSSR count). The van der Waals surface area contributed by atoms with Gasteiger partial charge in [-0.1, -0.05) is 62.3 Å². The largest absolute Gasteiger partial charge is 0.459 e. The fraction of sp³-hybridized carbons (Fsp3) is 0.676. The van der Waals surface area contributed by atoms with Crippen molar-refractivity contribution < 1.29 is 9.53 Å². The van der Waals surface area contributed by atoms with Crippen LogP contribution in [-0.2, 0) is 4.74 Å². The van der Waals surface area contributed by atoms with Crippen molar-refractivity contribution in [2.24, 2.45) is 40.4 Å². The molecule has 0 amide bonds. The molecule has 196 valence electrons. The maximum atomic E-state index is 12.7. The monoisotopic (exact) mass is 488 g/mol. The molecule has 8 atom stereocenters. The predicted molar refractivity (Wildman–Crippen MR) is 149 cm³/mol. The van der Waals surface area contributed by atoms with Crippen LogP contribution in [0.2, 0.25) is 0 Å². The predicted octanol–water partition coefficient (Wildman–Crippen LogP) is 9.17. The summed E-state index contributed by atoms with van der Waals surface area (Å²) >= 11 is 0. The third-order valence-electron chi connectivity index (χ3n) is 11.2. The van der Waals surface area contributed by atoms with E-state index < -0.39 is 0 Å². The molecule has 3 saturated carbocycles. The quantitative estimate of drug-likeness (QED) is 0.295. The molecule has 0 heterocycles. The van der Waals surface area contributed by atoms with Crippen LogP contribution in [-0.4, -0.2) is 12.1 Å². The average Bonchev–Trinajstić information content (AvgIpc) is 3.22. The van der Waals surface area contributed by atoms with Crippen molar-refractivity contribution >= 4 is 5.97 Å². The van der Waals surface area contributed by atoms with Gasteiger partial charge in [0.15, 0.2) is 0 Å². The summed E-state index contributed by atoms with van der Waals surface area (Å²) in [5.74, 6) is 3.69. The Morgan fingerprint density at radius 3 is 2.50 bits per heavy atom. The molecule has 1 aromatic carbocycles. The normalized spacial score (nSPS) is 38.1. The van der Waals surface area contributed by atoms with E-state index in [1.807, 2.05) is 35.9 Å². The van der Waals surface area contributed by atoms with Crippen molar-refractivity contribution in [3.05, 3.63) is 59.2 Å². The van der Waals surface area contributed by atoms with Gasteiger partial charge in [0.2, 0.25) is 0 Å². The smallest absolute Gasteiger partial charge is 0.338 e. The molecule has 0 saturated heterocycles. The Morgan fingerprint density at radius 1 is 1.03 bits per heavy atom. The fourth-order valence-electron chi connectivity index (χ4n) is 9.19. The van der Waals surface area contributed by atoms with Gasteiger partial charge in [-0.2, -0.15) is 0 Å².